The average Bonchev–Trinajstić information content (AvgIpc) is 2.72. The molecule has 0 aliphatic heterocycles. The number of carbonyl (C=O) groups excluding carboxylic acids is 1. The third kappa shape index (κ3) is 6.55. The summed E-state index contributed by atoms with van der Waals surface area (Å²) in [4.78, 5) is 12.4. The second-order valence-corrected chi connectivity index (χ2v) is 8.88. The van der Waals surface area contributed by atoms with E-state index in [1.54, 1.807) is 18.2 Å². The second kappa shape index (κ2) is 10.4. The molecule has 0 radical (unpaired) electrons. The van der Waals surface area contributed by atoms with Crippen LogP contribution >= 0.6 is 31.9 Å². The maximum atomic E-state index is 12.4. The van der Waals surface area contributed by atoms with Crippen LogP contribution in [0, 0.1) is 25.2 Å². The zero-order valence-electron chi connectivity index (χ0n) is 17.1. The lowest BCUT2D eigenvalue weighted by Crippen LogP contribution is -2.13. The fraction of sp³-hybridized carbons (Fsp3) is 0.120. The van der Waals surface area contributed by atoms with Crippen LogP contribution in [0.2, 0.25) is 0 Å². The third-order valence-corrected chi connectivity index (χ3v) is 5.56. The zero-order valence-corrected chi connectivity index (χ0v) is 20.2. The predicted molar refractivity (Wildman–Crippen MR) is 131 cm³/mol. The van der Waals surface area contributed by atoms with Gasteiger partial charge in [-0.25, -0.2) is 0 Å². The topological polar surface area (TPSA) is 62.1 Å². The van der Waals surface area contributed by atoms with Crippen LogP contribution in [-0.2, 0) is 11.4 Å². The smallest absolute Gasteiger partial charge is 0.266 e. The van der Waals surface area contributed by atoms with Crippen LogP contribution in [-0.4, -0.2) is 5.91 Å². The van der Waals surface area contributed by atoms with Crippen molar-refractivity contribution in [1.29, 1.82) is 5.26 Å². The number of benzene rings is 3. The molecule has 0 saturated heterocycles. The number of rotatable bonds is 6. The van der Waals surface area contributed by atoms with E-state index in [0.29, 0.717) is 23.6 Å². The van der Waals surface area contributed by atoms with Crippen LogP contribution in [0.4, 0.5) is 5.69 Å². The number of aryl methyl sites for hydroxylation is 2. The molecule has 0 heterocycles. The minimum Gasteiger partial charge on any atom is -0.488 e. The molecule has 156 valence electrons. The Bertz CT molecular complexity index is 1160. The number of hydrogen-bond acceptors (Lipinski definition) is 3. The van der Waals surface area contributed by atoms with E-state index in [-0.39, 0.29) is 5.57 Å². The first-order valence-corrected chi connectivity index (χ1v) is 11.1. The van der Waals surface area contributed by atoms with Crippen molar-refractivity contribution in [3.63, 3.8) is 0 Å². The van der Waals surface area contributed by atoms with Gasteiger partial charge in [0, 0.05) is 10.2 Å². The van der Waals surface area contributed by atoms with Crippen molar-refractivity contribution in [2.45, 2.75) is 20.5 Å². The molecule has 0 fully saturated rings. The number of ether oxygens (including phenoxy) is 1. The van der Waals surface area contributed by atoms with Gasteiger partial charge in [0.1, 0.15) is 24.0 Å². The zero-order chi connectivity index (χ0) is 22.4. The van der Waals surface area contributed by atoms with Crippen LogP contribution < -0.4 is 10.1 Å². The van der Waals surface area contributed by atoms with Gasteiger partial charge in [0.2, 0.25) is 0 Å². The lowest BCUT2D eigenvalue weighted by atomic mass is 10.1. The fourth-order valence-corrected chi connectivity index (χ4v) is 3.86. The van der Waals surface area contributed by atoms with Crippen molar-refractivity contribution in [1.82, 2.24) is 0 Å². The SMILES string of the molecule is Cc1cc(C)cc(COc2ccc(/C=C(\C#N)C(=O)Nc3ccc(Br)cc3)cc2Br)c1. The van der Waals surface area contributed by atoms with E-state index in [2.05, 4.69) is 69.2 Å². The first kappa shape index (κ1) is 22.8. The number of nitrogens with one attached hydrogen (secondary N) is 1. The number of amides is 1. The van der Waals surface area contributed by atoms with Gasteiger partial charge in [0.05, 0.1) is 4.47 Å². The highest BCUT2D eigenvalue weighted by atomic mass is 79.9. The Kier molecular flexibility index (Phi) is 7.67. The molecule has 3 rings (SSSR count). The summed E-state index contributed by atoms with van der Waals surface area (Å²) in [5, 5.41) is 12.2. The molecule has 1 N–H and O–H groups in total. The molecule has 0 saturated carbocycles. The van der Waals surface area contributed by atoms with Gasteiger partial charge in [-0.3, -0.25) is 4.79 Å². The predicted octanol–water partition coefficient (Wildman–Crippen LogP) is 6.95. The van der Waals surface area contributed by atoms with Gasteiger partial charge < -0.3 is 10.1 Å². The Morgan fingerprint density at radius 3 is 2.32 bits per heavy atom. The van der Waals surface area contributed by atoms with Crippen LogP contribution in [0.3, 0.4) is 0 Å². The molecule has 4 nitrogen and oxygen atoms in total. The number of halogens is 2. The number of hydrogen-bond donors (Lipinski definition) is 1. The number of carbonyl (C=O) groups is 1. The lowest BCUT2D eigenvalue weighted by Gasteiger charge is -2.10. The molecule has 3 aromatic carbocycles. The molecule has 6 heteroatoms. The molecular formula is C25H20Br2N2O2. The Labute approximate surface area is 198 Å². The highest BCUT2D eigenvalue weighted by Gasteiger charge is 2.11. The summed E-state index contributed by atoms with van der Waals surface area (Å²) in [6.07, 6.45) is 1.55. The van der Waals surface area contributed by atoms with E-state index in [1.807, 2.05) is 36.4 Å². The van der Waals surface area contributed by atoms with E-state index in [0.717, 1.165) is 14.5 Å². The van der Waals surface area contributed by atoms with Gasteiger partial charge in [-0.2, -0.15) is 5.26 Å². The normalized spacial score (nSPS) is 11.0. The Morgan fingerprint density at radius 2 is 1.71 bits per heavy atom. The molecule has 0 unspecified atom stereocenters. The monoisotopic (exact) mass is 538 g/mol. The Balaban J connectivity index is 1.71. The molecule has 0 aliphatic carbocycles. The van der Waals surface area contributed by atoms with Crippen molar-refractivity contribution in [3.8, 4) is 11.8 Å². The summed E-state index contributed by atoms with van der Waals surface area (Å²) in [5.74, 6) is 0.227. The van der Waals surface area contributed by atoms with Crippen LogP contribution in [0.25, 0.3) is 6.08 Å². The highest BCUT2D eigenvalue weighted by Crippen LogP contribution is 2.28. The van der Waals surface area contributed by atoms with Gasteiger partial charge in [-0.05, 0) is 83.4 Å². The second-order valence-electron chi connectivity index (χ2n) is 7.11. The maximum absolute atomic E-state index is 12.4. The number of nitriles is 1. The first-order chi connectivity index (χ1) is 14.8. The summed E-state index contributed by atoms with van der Waals surface area (Å²) in [6, 6.07) is 20.9. The summed E-state index contributed by atoms with van der Waals surface area (Å²) in [5.41, 5.74) is 4.84. The summed E-state index contributed by atoms with van der Waals surface area (Å²) >= 11 is 6.87. The molecule has 0 aliphatic rings. The molecule has 0 spiro atoms. The van der Waals surface area contributed by atoms with Gasteiger partial charge >= 0.3 is 0 Å². The van der Waals surface area contributed by atoms with E-state index in [4.69, 9.17) is 4.74 Å². The highest BCUT2D eigenvalue weighted by molar-refractivity contribution is 9.10. The van der Waals surface area contributed by atoms with E-state index in [1.165, 1.54) is 11.1 Å². The summed E-state index contributed by atoms with van der Waals surface area (Å²) < 4.78 is 7.59. The average molecular weight is 540 g/mol. The molecule has 0 aromatic heterocycles. The van der Waals surface area contributed by atoms with Gasteiger partial charge in [0.15, 0.2) is 0 Å². The molecule has 0 atom stereocenters. The van der Waals surface area contributed by atoms with Crippen LogP contribution in [0.5, 0.6) is 5.75 Å². The van der Waals surface area contributed by atoms with E-state index >= 15 is 0 Å². The number of nitrogens with zero attached hydrogens (tertiary/aromatic N) is 1. The minimum absolute atomic E-state index is 0.0127. The molecule has 31 heavy (non-hydrogen) atoms. The Hall–Kier alpha value is -2.88. The van der Waals surface area contributed by atoms with Gasteiger partial charge in [0.25, 0.3) is 5.91 Å². The lowest BCUT2D eigenvalue weighted by molar-refractivity contribution is -0.112. The Morgan fingerprint density at radius 1 is 1.03 bits per heavy atom. The summed E-state index contributed by atoms with van der Waals surface area (Å²) in [6.45, 7) is 4.58. The molecule has 1 amide bonds. The van der Waals surface area contributed by atoms with Crippen LogP contribution in [0.1, 0.15) is 22.3 Å². The maximum Gasteiger partial charge on any atom is 0.266 e. The molecule has 3 aromatic rings. The summed E-state index contributed by atoms with van der Waals surface area (Å²) in [7, 11) is 0. The van der Waals surface area contributed by atoms with Crippen molar-refractivity contribution in [2.24, 2.45) is 0 Å². The van der Waals surface area contributed by atoms with E-state index in [9.17, 15) is 10.1 Å². The quantitative estimate of drug-likeness (QED) is 0.272. The minimum atomic E-state index is -0.462. The van der Waals surface area contributed by atoms with Crippen molar-refractivity contribution in [2.75, 3.05) is 5.32 Å². The van der Waals surface area contributed by atoms with Crippen molar-refractivity contribution < 1.29 is 9.53 Å². The van der Waals surface area contributed by atoms with Crippen molar-refractivity contribution in [3.05, 3.63) is 97.4 Å². The van der Waals surface area contributed by atoms with Crippen molar-refractivity contribution >= 4 is 49.5 Å². The molecule has 0 bridgehead atoms. The number of anilines is 1. The largest absolute Gasteiger partial charge is 0.488 e. The third-order valence-electron chi connectivity index (χ3n) is 4.41. The van der Waals surface area contributed by atoms with Gasteiger partial charge in [-0.15, -0.1) is 0 Å². The first-order valence-electron chi connectivity index (χ1n) is 9.52. The van der Waals surface area contributed by atoms with Crippen LogP contribution in [0.15, 0.2) is 75.2 Å². The standard InChI is InChI=1S/C25H20Br2N2O2/c1-16-9-17(2)11-19(10-16)15-31-24-8-3-18(13-23(24)27)12-20(14-28)25(30)29-22-6-4-21(26)5-7-22/h3-13H,15H2,1-2H3,(H,29,30)/b20-12+. The fourth-order valence-electron chi connectivity index (χ4n) is 3.08. The van der Waals surface area contributed by atoms with E-state index < -0.39 is 5.91 Å². The molecular weight excluding hydrogens is 520 g/mol. The van der Waals surface area contributed by atoms with Gasteiger partial charge in [-0.1, -0.05) is 51.3 Å².